The molecule has 0 N–H and O–H groups in total. The lowest BCUT2D eigenvalue weighted by atomic mass is 10.3. The second-order valence-corrected chi connectivity index (χ2v) is 2.70. The monoisotopic (exact) mass is 199 g/mol. The van der Waals surface area contributed by atoms with Gasteiger partial charge in [0.2, 0.25) is 6.08 Å². The molecule has 0 fully saturated rings. The zero-order chi connectivity index (χ0) is 11.2. The van der Waals surface area contributed by atoms with Gasteiger partial charge in [0.05, 0.1) is 6.61 Å². The van der Waals surface area contributed by atoms with Crippen LogP contribution in [0.15, 0.2) is 17.1 Å². The summed E-state index contributed by atoms with van der Waals surface area (Å²) in [5, 5.41) is 0. The summed E-state index contributed by atoms with van der Waals surface area (Å²) in [4.78, 5) is 24.4. The fourth-order valence-corrected chi connectivity index (χ4v) is 0.694. The molecule has 0 aromatic rings. The Morgan fingerprint density at radius 3 is 2.57 bits per heavy atom. The molecule has 0 bridgehead atoms. The summed E-state index contributed by atoms with van der Waals surface area (Å²) in [7, 11) is 0. The lowest BCUT2D eigenvalue weighted by Crippen LogP contribution is -2.33. The highest BCUT2D eigenvalue weighted by atomic mass is 16.7. The standard InChI is InChI=1S/C9H13NO4/c1-5-13-9(4,10-6-11)14-8(12)7(2)3/h2,5H2,1,3-4H3. The average molecular weight is 199 g/mol. The first-order chi connectivity index (χ1) is 6.45. The number of rotatable bonds is 5. The van der Waals surface area contributed by atoms with E-state index in [-0.39, 0.29) is 12.2 Å². The smallest absolute Gasteiger partial charge is 0.337 e. The van der Waals surface area contributed by atoms with Crippen LogP contribution in [0.1, 0.15) is 20.8 Å². The Morgan fingerprint density at radius 1 is 1.64 bits per heavy atom. The maximum atomic E-state index is 11.1. The summed E-state index contributed by atoms with van der Waals surface area (Å²) in [6.45, 7) is 8.17. The van der Waals surface area contributed by atoms with Crippen molar-refractivity contribution in [2.45, 2.75) is 26.7 Å². The van der Waals surface area contributed by atoms with Crippen LogP contribution in [0.3, 0.4) is 0 Å². The highest BCUT2D eigenvalue weighted by Gasteiger charge is 2.29. The van der Waals surface area contributed by atoms with E-state index in [1.165, 1.54) is 19.9 Å². The molecule has 0 aliphatic rings. The van der Waals surface area contributed by atoms with Gasteiger partial charge in [-0.25, -0.2) is 9.59 Å². The number of ether oxygens (including phenoxy) is 2. The molecule has 5 nitrogen and oxygen atoms in total. The van der Waals surface area contributed by atoms with E-state index in [2.05, 4.69) is 11.6 Å². The van der Waals surface area contributed by atoms with Crippen LogP contribution >= 0.6 is 0 Å². The summed E-state index contributed by atoms with van der Waals surface area (Å²) in [5.74, 6) is -2.27. The van der Waals surface area contributed by atoms with Crippen molar-refractivity contribution in [2.24, 2.45) is 4.99 Å². The molecule has 0 aromatic carbocycles. The molecule has 78 valence electrons. The molecule has 0 amide bonds. The molecule has 14 heavy (non-hydrogen) atoms. The highest BCUT2D eigenvalue weighted by Crippen LogP contribution is 2.15. The van der Waals surface area contributed by atoms with Crippen molar-refractivity contribution in [3.8, 4) is 0 Å². The van der Waals surface area contributed by atoms with Crippen molar-refractivity contribution in [3.05, 3.63) is 12.2 Å². The second kappa shape index (κ2) is 5.32. The van der Waals surface area contributed by atoms with Gasteiger partial charge in [-0.05, 0) is 13.8 Å². The molecular formula is C9H13NO4. The molecule has 5 heteroatoms. The van der Waals surface area contributed by atoms with Crippen LogP contribution in [0, 0.1) is 0 Å². The second-order valence-electron chi connectivity index (χ2n) is 2.70. The molecule has 0 saturated heterocycles. The van der Waals surface area contributed by atoms with E-state index in [0.717, 1.165) is 0 Å². The SMILES string of the molecule is C=C(C)C(=O)OC(C)(N=C=O)OCC. The fourth-order valence-electron chi connectivity index (χ4n) is 0.694. The van der Waals surface area contributed by atoms with Crippen LogP contribution in [0.25, 0.3) is 0 Å². The van der Waals surface area contributed by atoms with Crippen molar-refractivity contribution >= 4 is 12.0 Å². The summed E-state index contributed by atoms with van der Waals surface area (Å²) in [5.41, 5.74) is 0.206. The fraction of sp³-hybridized carbons (Fsp3) is 0.556. The van der Waals surface area contributed by atoms with Gasteiger partial charge in [-0.1, -0.05) is 6.58 Å². The van der Waals surface area contributed by atoms with Crippen LogP contribution in [0.5, 0.6) is 0 Å². The first-order valence-electron chi connectivity index (χ1n) is 4.07. The van der Waals surface area contributed by atoms with Crippen molar-refractivity contribution in [1.29, 1.82) is 0 Å². The largest absolute Gasteiger partial charge is 0.408 e. The Bertz CT molecular complexity index is 281. The Balaban J connectivity index is 4.59. The third-order valence-corrected chi connectivity index (χ3v) is 1.29. The van der Waals surface area contributed by atoms with Crippen LogP contribution < -0.4 is 0 Å². The summed E-state index contributed by atoms with van der Waals surface area (Å²) in [6, 6.07) is 0. The van der Waals surface area contributed by atoms with E-state index < -0.39 is 11.9 Å². The van der Waals surface area contributed by atoms with Crippen LogP contribution in [-0.4, -0.2) is 24.6 Å². The lowest BCUT2D eigenvalue weighted by Gasteiger charge is -2.22. The summed E-state index contributed by atoms with van der Waals surface area (Å²) < 4.78 is 9.77. The Labute approximate surface area is 82.4 Å². The number of carbonyl (C=O) groups excluding carboxylic acids is 2. The first kappa shape index (κ1) is 12.6. The predicted octanol–water partition coefficient (Wildman–Crippen LogP) is 1.15. The van der Waals surface area contributed by atoms with Gasteiger partial charge in [0.15, 0.2) is 0 Å². The van der Waals surface area contributed by atoms with E-state index in [4.69, 9.17) is 9.47 Å². The third kappa shape index (κ3) is 3.98. The van der Waals surface area contributed by atoms with Crippen molar-refractivity contribution in [3.63, 3.8) is 0 Å². The van der Waals surface area contributed by atoms with Gasteiger partial charge in [-0.2, -0.15) is 0 Å². The zero-order valence-corrected chi connectivity index (χ0v) is 8.49. The van der Waals surface area contributed by atoms with Gasteiger partial charge >= 0.3 is 11.9 Å². The number of carbonyl (C=O) groups is 1. The number of aliphatic imine (C=N–C) groups is 1. The highest BCUT2D eigenvalue weighted by molar-refractivity contribution is 5.87. The normalized spacial score (nSPS) is 13.6. The minimum atomic E-state index is -1.60. The van der Waals surface area contributed by atoms with E-state index >= 15 is 0 Å². The quantitative estimate of drug-likeness (QED) is 0.219. The van der Waals surface area contributed by atoms with Crippen LogP contribution in [-0.2, 0) is 19.1 Å². The average Bonchev–Trinajstić information content (AvgIpc) is 2.04. The third-order valence-electron chi connectivity index (χ3n) is 1.29. The topological polar surface area (TPSA) is 65.0 Å². The van der Waals surface area contributed by atoms with Crippen molar-refractivity contribution in [1.82, 2.24) is 0 Å². The molecule has 0 spiro atoms. The van der Waals surface area contributed by atoms with Crippen LogP contribution in [0.2, 0.25) is 0 Å². The van der Waals surface area contributed by atoms with Crippen molar-refractivity contribution < 1.29 is 19.1 Å². The van der Waals surface area contributed by atoms with E-state index in [1.54, 1.807) is 6.92 Å². The summed E-state index contributed by atoms with van der Waals surface area (Å²) >= 11 is 0. The summed E-state index contributed by atoms with van der Waals surface area (Å²) in [6.07, 6.45) is 1.28. The van der Waals surface area contributed by atoms with E-state index in [1.807, 2.05) is 0 Å². The van der Waals surface area contributed by atoms with Gasteiger partial charge in [-0.15, -0.1) is 4.99 Å². The minimum absolute atomic E-state index is 0.206. The number of isocyanates is 1. The van der Waals surface area contributed by atoms with Crippen LogP contribution in [0.4, 0.5) is 0 Å². The van der Waals surface area contributed by atoms with Crippen molar-refractivity contribution in [2.75, 3.05) is 6.61 Å². The Morgan fingerprint density at radius 2 is 2.21 bits per heavy atom. The van der Waals surface area contributed by atoms with Gasteiger partial charge in [0.1, 0.15) is 0 Å². The van der Waals surface area contributed by atoms with Gasteiger partial charge in [0, 0.05) is 12.5 Å². The Hall–Kier alpha value is -1.45. The first-order valence-corrected chi connectivity index (χ1v) is 4.07. The molecule has 0 heterocycles. The van der Waals surface area contributed by atoms with Gasteiger partial charge in [0.25, 0.3) is 0 Å². The van der Waals surface area contributed by atoms with Gasteiger partial charge in [-0.3, -0.25) is 0 Å². The lowest BCUT2D eigenvalue weighted by molar-refractivity contribution is -0.214. The predicted molar refractivity (Wildman–Crippen MR) is 49.1 cm³/mol. The molecule has 0 radical (unpaired) electrons. The maximum Gasteiger partial charge on any atom is 0.337 e. The molecule has 0 rings (SSSR count). The number of hydrogen-bond donors (Lipinski definition) is 0. The molecule has 0 aromatic heterocycles. The zero-order valence-electron chi connectivity index (χ0n) is 8.49. The van der Waals surface area contributed by atoms with E-state index in [0.29, 0.717) is 0 Å². The number of esters is 1. The van der Waals surface area contributed by atoms with E-state index in [9.17, 15) is 9.59 Å². The van der Waals surface area contributed by atoms with Gasteiger partial charge < -0.3 is 9.47 Å². The number of hydrogen-bond acceptors (Lipinski definition) is 5. The molecule has 0 aliphatic heterocycles. The molecule has 1 unspecified atom stereocenters. The Kier molecular flexibility index (Phi) is 4.77. The molecule has 0 saturated carbocycles. The minimum Gasteiger partial charge on any atom is -0.408 e. The maximum absolute atomic E-state index is 11.1. The molecule has 0 aliphatic carbocycles. The molecule has 1 atom stereocenters. The molecular weight excluding hydrogens is 186 g/mol. The number of nitrogens with zero attached hydrogens (tertiary/aromatic N) is 1.